The lowest BCUT2D eigenvalue weighted by atomic mass is 10.2. The van der Waals surface area contributed by atoms with Gasteiger partial charge in [0.25, 0.3) is 0 Å². The molecule has 3 aromatic rings. The second kappa shape index (κ2) is 8.09. The maximum atomic E-state index is 11.9. The lowest BCUT2D eigenvalue weighted by Gasteiger charge is -1.94. The van der Waals surface area contributed by atoms with Crippen LogP contribution in [0.25, 0.3) is 6.08 Å². The molecule has 8 heteroatoms. The number of thiophene rings is 1. The van der Waals surface area contributed by atoms with Crippen LogP contribution in [0, 0.1) is 0 Å². The smallest absolute Gasteiger partial charge is 0.250 e. The molecule has 0 unspecified atom stereocenters. The van der Waals surface area contributed by atoms with E-state index in [1.165, 1.54) is 17.4 Å². The van der Waals surface area contributed by atoms with E-state index in [0.29, 0.717) is 10.3 Å². The SMILES string of the molecule is O=C(/C=C/c1ccccc1)Nc1nnc(N=Cc2ccc(Br)s2)s1. The largest absolute Gasteiger partial charge is 0.297 e. The van der Waals surface area contributed by atoms with Gasteiger partial charge >= 0.3 is 0 Å². The van der Waals surface area contributed by atoms with Crippen LogP contribution >= 0.6 is 38.6 Å². The molecule has 1 amide bonds. The van der Waals surface area contributed by atoms with Crippen LogP contribution in [-0.2, 0) is 4.79 Å². The average molecular weight is 419 g/mol. The lowest BCUT2D eigenvalue weighted by molar-refractivity contribution is -0.111. The molecular weight excluding hydrogens is 408 g/mol. The fourth-order valence-electron chi connectivity index (χ4n) is 1.72. The molecule has 0 atom stereocenters. The molecule has 0 bridgehead atoms. The molecule has 3 rings (SSSR count). The second-order valence-electron chi connectivity index (χ2n) is 4.52. The Hall–Kier alpha value is -2.16. The van der Waals surface area contributed by atoms with Gasteiger partial charge < -0.3 is 0 Å². The van der Waals surface area contributed by atoms with Crippen molar-refractivity contribution in [2.24, 2.45) is 4.99 Å². The Labute approximate surface area is 154 Å². The van der Waals surface area contributed by atoms with Crippen LogP contribution in [0.3, 0.4) is 0 Å². The van der Waals surface area contributed by atoms with Gasteiger partial charge in [-0.3, -0.25) is 10.1 Å². The summed E-state index contributed by atoms with van der Waals surface area (Å²) in [5.74, 6) is -0.257. The number of nitrogens with zero attached hydrogens (tertiary/aromatic N) is 3. The number of aromatic nitrogens is 2. The number of nitrogens with one attached hydrogen (secondary N) is 1. The van der Waals surface area contributed by atoms with Crippen molar-refractivity contribution in [3.63, 3.8) is 0 Å². The minimum atomic E-state index is -0.257. The summed E-state index contributed by atoms with van der Waals surface area (Å²) in [7, 11) is 0. The highest BCUT2D eigenvalue weighted by Crippen LogP contribution is 2.24. The van der Waals surface area contributed by atoms with Crippen LogP contribution < -0.4 is 5.32 Å². The molecule has 2 aromatic heterocycles. The Kier molecular flexibility index (Phi) is 5.63. The Morgan fingerprint density at radius 3 is 2.71 bits per heavy atom. The number of amides is 1. The third-order valence-electron chi connectivity index (χ3n) is 2.77. The number of aliphatic imine (C=N–C) groups is 1. The molecule has 1 N–H and O–H groups in total. The van der Waals surface area contributed by atoms with E-state index in [1.807, 2.05) is 42.5 Å². The van der Waals surface area contributed by atoms with Gasteiger partial charge in [-0.05, 0) is 39.7 Å². The molecule has 1 aromatic carbocycles. The lowest BCUT2D eigenvalue weighted by Crippen LogP contribution is -2.07. The molecule has 0 saturated heterocycles. The minimum Gasteiger partial charge on any atom is -0.297 e. The first kappa shape index (κ1) is 16.7. The molecule has 0 aliphatic rings. The Balaban J connectivity index is 1.58. The van der Waals surface area contributed by atoms with Crippen molar-refractivity contribution >= 4 is 67.1 Å². The van der Waals surface area contributed by atoms with Crippen LogP contribution in [0.5, 0.6) is 0 Å². The number of rotatable bonds is 5. The maximum absolute atomic E-state index is 11.9. The Morgan fingerprint density at radius 1 is 1.12 bits per heavy atom. The third kappa shape index (κ3) is 4.92. The summed E-state index contributed by atoms with van der Waals surface area (Å²) in [5.41, 5.74) is 0.956. The van der Waals surface area contributed by atoms with Crippen molar-refractivity contribution in [2.45, 2.75) is 0 Å². The van der Waals surface area contributed by atoms with Crippen LogP contribution in [0.1, 0.15) is 10.4 Å². The average Bonchev–Trinajstić information content (AvgIpc) is 3.21. The molecule has 0 aliphatic carbocycles. The molecule has 0 radical (unpaired) electrons. The number of carbonyl (C=O) groups excluding carboxylic acids is 1. The summed E-state index contributed by atoms with van der Waals surface area (Å²) in [6.07, 6.45) is 4.92. The van der Waals surface area contributed by atoms with Gasteiger partial charge in [-0.15, -0.1) is 21.5 Å². The van der Waals surface area contributed by atoms with E-state index < -0.39 is 0 Å². The summed E-state index contributed by atoms with van der Waals surface area (Å²) in [6, 6.07) is 13.5. The fraction of sp³-hybridized carbons (Fsp3) is 0. The highest BCUT2D eigenvalue weighted by molar-refractivity contribution is 9.11. The van der Waals surface area contributed by atoms with E-state index in [2.05, 4.69) is 36.4 Å². The standard InChI is InChI=1S/C16H11BrN4OS2/c17-13-8-7-12(23-13)10-18-15-20-21-16(24-15)19-14(22)9-6-11-4-2-1-3-5-11/h1-10H,(H,19,21,22)/b9-6+,18-10?. The molecule has 0 fully saturated rings. The summed E-state index contributed by atoms with van der Waals surface area (Å²) in [6.45, 7) is 0. The van der Waals surface area contributed by atoms with E-state index in [1.54, 1.807) is 23.6 Å². The van der Waals surface area contributed by atoms with Crippen LogP contribution in [0.2, 0.25) is 0 Å². The van der Waals surface area contributed by atoms with Crippen LogP contribution in [-0.4, -0.2) is 22.3 Å². The molecule has 120 valence electrons. The molecule has 5 nitrogen and oxygen atoms in total. The van der Waals surface area contributed by atoms with E-state index >= 15 is 0 Å². The van der Waals surface area contributed by atoms with Gasteiger partial charge in [-0.25, -0.2) is 4.99 Å². The molecular formula is C16H11BrN4OS2. The van der Waals surface area contributed by atoms with Crippen molar-refractivity contribution in [1.82, 2.24) is 10.2 Å². The quantitative estimate of drug-likeness (QED) is 0.479. The number of anilines is 1. The summed E-state index contributed by atoms with van der Waals surface area (Å²) >= 11 is 6.19. The summed E-state index contributed by atoms with van der Waals surface area (Å²) in [5, 5.41) is 11.4. The molecule has 0 spiro atoms. The van der Waals surface area contributed by atoms with Crippen molar-refractivity contribution < 1.29 is 4.79 Å². The molecule has 0 saturated carbocycles. The predicted octanol–water partition coefficient (Wildman–Crippen LogP) is 4.76. The first-order chi connectivity index (χ1) is 11.7. The number of hydrogen-bond donors (Lipinski definition) is 1. The van der Waals surface area contributed by atoms with Crippen molar-refractivity contribution in [2.75, 3.05) is 5.32 Å². The van der Waals surface area contributed by atoms with Crippen molar-refractivity contribution in [3.8, 4) is 0 Å². The second-order valence-corrected chi connectivity index (χ2v) is 7.97. The monoisotopic (exact) mass is 418 g/mol. The normalized spacial score (nSPS) is 11.4. The van der Waals surface area contributed by atoms with E-state index in [9.17, 15) is 4.79 Å². The zero-order valence-electron chi connectivity index (χ0n) is 12.2. The Morgan fingerprint density at radius 2 is 1.96 bits per heavy atom. The van der Waals surface area contributed by atoms with Gasteiger partial charge in [0, 0.05) is 17.2 Å². The number of benzene rings is 1. The predicted molar refractivity (Wildman–Crippen MR) is 103 cm³/mol. The van der Waals surface area contributed by atoms with Gasteiger partial charge in [0.1, 0.15) is 0 Å². The van der Waals surface area contributed by atoms with Crippen molar-refractivity contribution in [3.05, 3.63) is 62.8 Å². The Bertz CT molecular complexity index is 886. The van der Waals surface area contributed by atoms with Crippen LogP contribution in [0.4, 0.5) is 10.3 Å². The zero-order chi connectivity index (χ0) is 16.8. The van der Waals surface area contributed by atoms with Gasteiger partial charge in [0.15, 0.2) is 0 Å². The topological polar surface area (TPSA) is 67.2 Å². The number of carbonyl (C=O) groups is 1. The molecule has 24 heavy (non-hydrogen) atoms. The zero-order valence-corrected chi connectivity index (χ0v) is 15.4. The third-order valence-corrected chi connectivity index (χ3v) is 5.07. The summed E-state index contributed by atoms with van der Waals surface area (Å²) in [4.78, 5) is 17.1. The maximum Gasteiger partial charge on any atom is 0.250 e. The van der Waals surface area contributed by atoms with E-state index in [0.717, 1.165) is 14.2 Å². The number of hydrogen-bond acceptors (Lipinski definition) is 6. The highest BCUT2D eigenvalue weighted by Gasteiger charge is 2.05. The fourth-order valence-corrected chi connectivity index (χ4v) is 3.61. The van der Waals surface area contributed by atoms with Crippen molar-refractivity contribution in [1.29, 1.82) is 0 Å². The van der Waals surface area contributed by atoms with Crippen LogP contribution in [0.15, 0.2) is 57.3 Å². The molecule has 2 heterocycles. The van der Waals surface area contributed by atoms with Gasteiger partial charge in [0.05, 0.1) is 3.79 Å². The van der Waals surface area contributed by atoms with E-state index in [4.69, 9.17) is 0 Å². The number of halogens is 1. The summed E-state index contributed by atoms with van der Waals surface area (Å²) < 4.78 is 1.04. The van der Waals surface area contributed by atoms with Gasteiger partial charge in [-0.1, -0.05) is 41.7 Å². The van der Waals surface area contributed by atoms with E-state index in [-0.39, 0.29) is 5.91 Å². The first-order valence-electron chi connectivity index (χ1n) is 6.86. The van der Waals surface area contributed by atoms with Gasteiger partial charge in [-0.2, -0.15) is 0 Å². The first-order valence-corrected chi connectivity index (χ1v) is 9.29. The van der Waals surface area contributed by atoms with Gasteiger partial charge in [0.2, 0.25) is 16.2 Å². The molecule has 0 aliphatic heterocycles. The highest BCUT2D eigenvalue weighted by atomic mass is 79.9. The minimum absolute atomic E-state index is 0.257.